The molecular formula is C15H25NO. The molecule has 96 valence electrons. The lowest BCUT2D eigenvalue weighted by Crippen LogP contribution is -2.26. The van der Waals surface area contributed by atoms with Crippen molar-refractivity contribution in [1.82, 2.24) is 5.32 Å². The van der Waals surface area contributed by atoms with Crippen LogP contribution in [0.2, 0.25) is 0 Å². The van der Waals surface area contributed by atoms with Gasteiger partial charge >= 0.3 is 0 Å². The number of hydrogen-bond donors (Lipinski definition) is 1. The predicted octanol–water partition coefficient (Wildman–Crippen LogP) is 3.92. The third-order valence-corrected chi connectivity index (χ3v) is 2.85. The molecule has 2 heteroatoms. The monoisotopic (exact) mass is 235 g/mol. The highest BCUT2D eigenvalue weighted by Gasteiger charge is 2.08. The van der Waals surface area contributed by atoms with Crippen LogP contribution in [0.4, 0.5) is 0 Å². The summed E-state index contributed by atoms with van der Waals surface area (Å²) < 4.78 is 5.83. The van der Waals surface area contributed by atoms with E-state index in [-0.39, 0.29) is 6.10 Å². The Morgan fingerprint density at radius 2 is 1.88 bits per heavy atom. The Kier molecular flexibility index (Phi) is 5.49. The lowest BCUT2D eigenvalue weighted by Gasteiger charge is -2.19. The average Bonchev–Trinajstić information content (AvgIpc) is 2.28. The maximum absolute atomic E-state index is 5.83. The Morgan fingerprint density at radius 3 is 2.47 bits per heavy atom. The van der Waals surface area contributed by atoms with Gasteiger partial charge in [0.1, 0.15) is 5.75 Å². The summed E-state index contributed by atoms with van der Waals surface area (Å²) >= 11 is 0. The number of rotatable bonds is 6. The molecule has 0 radical (unpaired) electrons. The molecule has 1 aromatic rings. The Labute approximate surface area is 105 Å². The fraction of sp³-hybridized carbons (Fsp3) is 0.600. The van der Waals surface area contributed by atoms with Gasteiger partial charge in [-0.05, 0) is 38.0 Å². The SMILES string of the molecule is CC[C@H](C)Oc1cccc([C@@H](C)NC(C)C)c1. The van der Waals surface area contributed by atoms with Gasteiger partial charge in [0.25, 0.3) is 0 Å². The van der Waals surface area contributed by atoms with Gasteiger partial charge in [-0.2, -0.15) is 0 Å². The summed E-state index contributed by atoms with van der Waals surface area (Å²) in [4.78, 5) is 0. The summed E-state index contributed by atoms with van der Waals surface area (Å²) in [7, 11) is 0. The molecule has 0 spiro atoms. The first-order valence-electron chi connectivity index (χ1n) is 6.55. The van der Waals surface area contributed by atoms with Crippen molar-refractivity contribution in [2.24, 2.45) is 0 Å². The van der Waals surface area contributed by atoms with E-state index < -0.39 is 0 Å². The molecule has 1 rings (SSSR count). The molecule has 0 aliphatic heterocycles. The van der Waals surface area contributed by atoms with E-state index in [1.54, 1.807) is 0 Å². The third kappa shape index (κ3) is 4.78. The lowest BCUT2D eigenvalue weighted by atomic mass is 10.1. The van der Waals surface area contributed by atoms with Crippen LogP contribution in [-0.2, 0) is 0 Å². The van der Waals surface area contributed by atoms with E-state index in [2.05, 4.69) is 58.1 Å². The summed E-state index contributed by atoms with van der Waals surface area (Å²) in [5.41, 5.74) is 1.28. The Morgan fingerprint density at radius 1 is 1.18 bits per heavy atom. The second-order valence-corrected chi connectivity index (χ2v) is 4.95. The fourth-order valence-corrected chi connectivity index (χ4v) is 1.77. The third-order valence-electron chi connectivity index (χ3n) is 2.85. The smallest absolute Gasteiger partial charge is 0.120 e. The molecular weight excluding hydrogens is 210 g/mol. The molecule has 0 aliphatic carbocycles. The molecule has 0 aliphatic rings. The average molecular weight is 235 g/mol. The Balaban J connectivity index is 2.71. The molecule has 2 atom stereocenters. The van der Waals surface area contributed by atoms with Crippen LogP contribution < -0.4 is 10.1 Å². The number of hydrogen-bond acceptors (Lipinski definition) is 2. The standard InChI is InChI=1S/C15H25NO/c1-6-12(4)17-15-9-7-8-14(10-15)13(5)16-11(2)3/h7-13,16H,6H2,1-5H3/t12-,13+/m0/s1. The van der Waals surface area contributed by atoms with Crippen molar-refractivity contribution in [2.75, 3.05) is 0 Å². The van der Waals surface area contributed by atoms with Gasteiger partial charge in [-0.1, -0.05) is 32.9 Å². The molecule has 0 amide bonds. The molecule has 0 saturated carbocycles. The summed E-state index contributed by atoms with van der Waals surface area (Å²) in [6.07, 6.45) is 1.31. The minimum atomic E-state index is 0.276. The van der Waals surface area contributed by atoms with E-state index in [4.69, 9.17) is 4.74 Å². The van der Waals surface area contributed by atoms with Gasteiger partial charge < -0.3 is 10.1 Å². The van der Waals surface area contributed by atoms with Gasteiger partial charge in [0, 0.05) is 12.1 Å². The summed E-state index contributed by atoms with van der Waals surface area (Å²) in [5, 5.41) is 3.50. The van der Waals surface area contributed by atoms with Crippen LogP contribution in [0.25, 0.3) is 0 Å². The molecule has 0 heterocycles. The second-order valence-electron chi connectivity index (χ2n) is 4.95. The van der Waals surface area contributed by atoms with Crippen molar-refractivity contribution in [3.8, 4) is 5.75 Å². The fourth-order valence-electron chi connectivity index (χ4n) is 1.77. The van der Waals surface area contributed by atoms with Crippen molar-refractivity contribution in [2.45, 2.75) is 59.2 Å². The minimum absolute atomic E-state index is 0.276. The van der Waals surface area contributed by atoms with Crippen LogP contribution >= 0.6 is 0 Å². The normalized spacial score (nSPS) is 14.7. The van der Waals surface area contributed by atoms with Gasteiger partial charge in [-0.3, -0.25) is 0 Å². The maximum atomic E-state index is 5.83. The van der Waals surface area contributed by atoms with E-state index in [0.717, 1.165) is 12.2 Å². The van der Waals surface area contributed by atoms with E-state index in [9.17, 15) is 0 Å². The molecule has 0 bridgehead atoms. The Bertz CT molecular complexity index is 335. The van der Waals surface area contributed by atoms with E-state index in [1.165, 1.54) is 5.56 Å². The van der Waals surface area contributed by atoms with Crippen LogP contribution in [0.5, 0.6) is 5.75 Å². The first kappa shape index (κ1) is 14.0. The van der Waals surface area contributed by atoms with Crippen molar-refractivity contribution < 1.29 is 4.74 Å². The van der Waals surface area contributed by atoms with Crippen LogP contribution in [0.3, 0.4) is 0 Å². The van der Waals surface area contributed by atoms with Gasteiger partial charge in [0.2, 0.25) is 0 Å². The zero-order valence-electron chi connectivity index (χ0n) is 11.7. The van der Waals surface area contributed by atoms with Gasteiger partial charge in [0.15, 0.2) is 0 Å². The van der Waals surface area contributed by atoms with Crippen molar-refractivity contribution >= 4 is 0 Å². The second kappa shape index (κ2) is 6.65. The number of nitrogens with one attached hydrogen (secondary N) is 1. The zero-order valence-corrected chi connectivity index (χ0v) is 11.7. The quantitative estimate of drug-likeness (QED) is 0.807. The highest BCUT2D eigenvalue weighted by atomic mass is 16.5. The number of benzene rings is 1. The molecule has 1 N–H and O–H groups in total. The first-order valence-corrected chi connectivity index (χ1v) is 6.55. The van der Waals surface area contributed by atoms with Crippen molar-refractivity contribution in [1.29, 1.82) is 0 Å². The molecule has 0 unspecified atom stereocenters. The van der Waals surface area contributed by atoms with Crippen LogP contribution in [-0.4, -0.2) is 12.1 Å². The van der Waals surface area contributed by atoms with Gasteiger partial charge in [0.05, 0.1) is 6.10 Å². The molecule has 0 saturated heterocycles. The molecule has 0 fully saturated rings. The lowest BCUT2D eigenvalue weighted by molar-refractivity contribution is 0.217. The number of ether oxygens (including phenoxy) is 1. The Hall–Kier alpha value is -1.02. The van der Waals surface area contributed by atoms with E-state index in [1.807, 2.05) is 6.07 Å². The molecule has 1 aromatic carbocycles. The van der Waals surface area contributed by atoms with Crippen LogP contribution in [0, 0.1) is 0 Å². The predicted molar refractivity (Wildman–Crippen MR) is 73.5 cm³/mol. The minimum Gasteiger partial charge on any atom is -0.491 e. The van der Waals surface area contributed by atoms with Crippen LogP contribution in [0.1, 0.15) is 52.6 Å². The highest BCUT2D eigenvalue weighted by molar-refractivity contribution is 5.30. The summed E-state index contributed by atoms with van der Waals surface area (Å²) in [6.45, 7) is 10.7. The molecule has 0 aromatic heterocycles. The largest absolute Gasteiger partial charge is 0.491 e. The summed E-state index contributed by atoms with van der Waals surface area (Å²) in [6, 6.07) is 9.21. The van der Waals surface area contributed by atoms with Gasteiger partial charge in [-0.25, -0.2) is 0 Å². The highest BCUT2D eigenvalue weighted by Crippen LogP contribution is 2.20. The summed E-state index contributed by atoms with van der Waals surface area (Å²) in [5.74, 6) is 0.967. The maximum Gasteiger partial charge on any atom is 0.120 e. The van der Waals surface area contributed by atoms with Gasteiger partial charge in [-0.15, -0.1) is 0 Å². The molecule has 2 nitrogen and oxygen atoms in total. The topological polar surface area (TPSA) is 21.3 Å². The van der Waals surface area contributed by atoms with E-state index >= 15 is 0 Å². The van der Waals surface area contributed by atoms with Crippen molar-refractivity contribution in [3.63, 3.8) is 0 Å². The van der Waals surface area contributed by atoms with Crippen molar-refractivity contribution in [3.05, 3.63) is 29.8 Å². The van der Waals surface area contributed by atoms with Crippen LogP contribution in [0.15, 0.2) is 24.3 Å². The molecule has 17 heavy (non-hydrogen) atoms. The first-order chi connectivity index (χ1) is 8.02. The zero-order chi connectivity index (χ0) is 12.8. The van der Waals surface area contributed by atoms with E-state index in [0.29, 0.717) is 12.1 Å².